The number of carbonyl (C=O) groups excluding carboxylic acids is 1. The predicted molar refractivity (Wildman–Crippen MR) is 113 cm³/mol. The van der Waals surface area contributed by atoms with Gasteiger partial charge in [-0.15, -0.1) is 0 Å². The number of benzene rings is 2. The summed E-state index contributed by atoms with van der Waals surface area (Å²) < 4.78 is 12.8. The van der Waals surface area contributed by atoms with Crippen molar-refractivity contribution in [1.29, 1.82) is 0 Å². The first kappa shape index (κ1) is 20.5. The summed E-state index contributed by atoms with van der Waals surface area (Å²) in [7, 11) is 1.61. The van der Waals surface area contributed by atoms with Gasteiger partial charge in [-0.05, 0) is 62.2 Å². The lowest BCUT2D eigenvalue weighted by Gasteiger charge is -2.12. The van der Waals surface area contributed by atoms with Crippen LogP contribution >= 0.6 is 0 Å². The maximum absolute atomic E-state index is 12.5. The van der Waals surface area contributed by atoms with Crippen molar-refractivity contribution in [3.63, 3.8) is 0 Å². The molecular formula is C23H27N3O3. The summed E-state index contributed by atoms with van der Waals surface area (Å²) in [6, 6.07) is 15.3. The molecule has 29 heavy (non-hydrogen) atoms. The summed E-state index contributed by atoms with van der Waals surface area (Å²) >= 11 is 0. The van der Waals surface area contributed by atoms with Gasteiger partial charge in [0.05, 0.1) is 26.0 Å². The fraction of sp³-hybridized carbons (Fsp3) is 0.304. The number of hydrogen-bond acceptors (Lipinski definition) is 4. The van der Waals surface area contributed by atoms with E-state index in [1.54, 1.807) is 7.11 Å². The lowest BCUT2D eigenvalue weighted by molar-refractivity contribution is 0.0951. The number of amides is 1. The normalized spacial score (nSPS) is 10.6. The van der Waals surface area contributed by atoms with Crippen LogP contribution in [0.2, 0.25) is 0 Å². The van der Waals surface area contributed by atoms with E-state index in [0.717, 1.165) is 22.5 Å². The van der Waals surface area contributed by atoms with E-state index in [1.807, 2.05) is 67.9 Å². The molecule has 152 valence electrons. The van der Waals surface area contributed by atoms with Crippen LogP contribution in [0.1, 0.15) is 39.8 Å². The SMILES string of the molecule is CCOc1cc(CNC(=O)c2ccc(Cn3nc(C)cc3C)cc2)ccc1OC. The molecule has 0 fully saturated rings. The van der Waals surface area contributed by atoms with Crippen LogP contribution in [0.25, 0.3) is 0 Å². The molecule has 1 amide bonds. The molecule has 0 aliphatic carbocycles. The molecule has 2 aromatic carbocycles. The van der Waals surface area contributed by atoms with Crippen molar-refractivity contribution < 1.29 is 14.3 Å². The van der Waals surface area contributed by atoms with Gasteiger partial charge in [0.25, 0.3) is 5.91 Å². The number of aromatic nitrogens is 2. The zero-order valence-corrected chi connectivity index (χ0v) is 17.4. The number of aryl methyl sites for hydroxylation is 2. The predicted octanol–water partition coefficient (Wildman–Crippen LogP) is 3.89. The maximum Gasteiger partial charge on any atom is 0.251 e. The third kappa shape index (κ3) is 5.16. The number of ether oxygens (including phenoxy) is 2. The van der Waals surface area contributed by atoms with Crippen molar-refractivity contribution in [2.45, 2.75) is 33.9 Å². The molecule has 3 rings (SSSR count). The van der Waals surface area contributed by atoms with E-state index < -0.39 is 0 Å². The van der Waals surface area contributed by atoms with Crippen LogP contribution in [-0.2, 0) is 13.1 Å². The van der Waals surface area contributed by atoms with Gasteiger partial charge in [-0.1, -0.05) is 18.2 Å². The second kappa shape index (κ2) is 9.28. The van der Waals surface area contributed by atoms with Gasteiger partial charge in [0.15, 0.2) is 11.5 Å². The first-order chi connectivity index (χ1) is 14.0. The fourth-order valence-corrected chi connectivity index (χ4v) is 3.15. The zero-order valence-electron chi connectivity index (χ0n) is 17.4. The molecule has 0 radical (unpaired) electrons. The summed E-state index contributed by atoms with van der Waals surface area (Å²) in [6.07, 6.45) is 0. The van der Waals surface area contributed by atoms with Gasteiger partial charge >= 0.3 is 0 Å². The topological polar surface area (TPSA) is 65.4 Å². The Kier molecular flexibility index (Phi) is 6.54. The van der Waals surface area contributed by atoms with Crippen molar-refractivity contribution in [2.24, 2.45) is 0 Å². The van der Waals surface area contributed by atoms with E-state index in [-0.39, 0.29) is 5.91 Å². The van der Waals surface area contributed by atoms with Gasteiger partial charge in [0.1, 0.15) is 0 Å². The molecule has 0 unspecified atom stereocenters. The van der Waals surface area contributed by atoms with Crippen molar-refractivity contribution in [3.05, 3.63) is 76.6 Å². The summed E-state index contributed by atoms with van der Waals surface area (Å²) in [6.45, 7) is 7.60. The first-order valence-corrected chi connectivity index (χ1v) is 9.68. The molecule has 1 aromatic heterocycles. The van der Waals surface area contributed by atoms with Crippen LogP contribution in [-0.4, -0.2) is 29.4 Å². The Morgan fingerprint density at radius 2 is 1.76 bits per heavy atom. The lowest BCUT2D eigenvalue weighted by Crippen LogP contribution is -2.22. The second-order valence-corrected chi connectivity index (χ2v) is 6.88. The fourth-order valence-electron chi connectivity index (χ4n) is 3.15. The minimum Gasteiger partial charge on any atom is -0.493 e. The largest absolute Gasteiger partial charge is 0.493 e. The highest BCUT2D eigenvalue weighted by molar-refractivity contribution is 5.94. The molecule has 6 nitrogen and oxygen atoms in total. The van der Waals surface area contributed by atoms with Gasteiger partial charge in [-0.2, -0.15) is 5.10 Å². The number of rotatable bonds is 8. The number of nitrogens with zero attached hydrogens (tertiary/aromatic N) is 2. The van der Waals surface area contributed by atoms with Crippen molar-refractivity contribution in [1.82, 2.24) is 15.1 Å². The van der Waals surface area contributed by atoms with Crippen LogP contribution in [0.3, 0.4) is 0 Å². The van der Waals surface area contributed by atoms with Crippen LogP contribution in [0, 0.1) is 13.8 Å². The summed E-state index contributed by atoms with van der Waals surface area (Å²) in [5, 5.41) is 7.43. The number of methoxy groups -OCH3 is 1. The van der Waals surface area contributed by atoms with E-state index in [0.29, 0.717) is 36.8 Å². The molecule has 1 heterocycles. The molecular weight excluding hydrogens is 366 g/mol. The summed E-state index contributed by atoms with van der Waals surface area (Å²) in [5.41, 5.74) is 4.80. The highest BCUT2D eigenvalue weighted by Gasteiger charge is 2.09. The average molecular weight is 393 g/mol. The van der Waals surface area contributed by atoms with Crippen LogP contribution in [0.4, 0.5) is 0 Å². The summed E-state index contributed by atoms with van der Waals surface area (Å²) in [4.78, 5) is 12.5. The van der Waals surface area contributed by atoms with E-state index in [9.17, 15) is 4.79 Å². The molecule has 0 atom stereocenters. The Morgan fingerprint density at radius 1 is 1.03 bits per heavy atom. The van der Waals surface area contributed by atoms with Crippen LogP contribution in [0.5, 0.6) is 11.5 Å². The van der Waals surface area contributed by atoms with Gasteiger partial charge in [-0.3, -0.25) is 9.48 Å². The Bertz CT molecular complexity index is 978. The summed E-state index contributed by atoms with van der Waals surface area (Å²) in [5.74, 6) is 1.24. The van der Waals surface area contributed by atoms with Gasteiger partial charge < -0.3 is 14.8 Å². The third-order valence-electron chi connectivity index (χ3n) is 4.63. The Morgan fingerprint density at radius 3 is 2.38 bits per heavy atom. The Labute approximate surface area is 171 Å². The number of hydrogen-bond donors (Lipinski definition) is 1. The number of carbonyl (C=O) groups is 1. The van der Waals surface area contributed by atoms with Crippen molar-refractivity contribution >= 4 is 5.91 Å². The Hall–Kier alpha value is -3.28. The molecule has 6 heteroatoms. The van der Waals surface area contributed by atoms with E-state index in [1.165, 1.54) is 0 Å². The lowest BCUT2D eigenvalue weighted by atomic mass is 10.1. The van der Waals surface area contributed by atoms with E-state index in [4.69, 9.17) is 9.47 Å². The maximum atomic E-state index is 12.5. The highest BCUT2D eigenvalue weighted by atomic mass is 16.5. The molecule has 0 aliphatic heterocycles. The van der Waals surface area contributed by atoms with Gasteiger partial charge in [-0.25, -0.2) is 0 Å². The van der Waals surface area contributed by atoms with Gasteiger partial charge in [0.2, 0.25) is 0 Å². The van der Waals surface area contributed by atoms with Crippen LogP contribution < -0.4 is 14.8 Å². The minimum atomic E-state index is -0.114. The zero-order chi connectivity index (χ0) is 20.8. The molecule has 1 N–H and O–H groups in total. The Balaban J connectivity index is 1.61. The first-order valence-electron chi connectivity index (χ1n) is 9.68. The van der Waals surface area contributed by atoms with Crippen LogP contribution in [0.15, 0.2) is 48.5 Å². The average Bonchev–Trinajstić information content (AvgIpc) is 3.03. The van der Waals surface area contributed by atoms with Crippen molar-refractivity contribution in [3.8, 4) is 11.5 Å². The molecule has 0 spiro atoms. The number of nitrogens with one attached hydrogen (secondary N) is 1. The molecule has 0 saturated heterocycles. The van der Waals surface area contributed by atoms with E-state index >= 15 is 0 Å². The molecule has 0 bridgehead atoms. The minimum absolute atomic E-state index is 0.114. The standard InChI is InChI=1S/C23H27N3O3/c1-5-29-22-13-19(8-11-21(22)28-4)14-24-23(27)20-9-6-18(7-10-20)15-26-17(3)12-16(2)25-26/h6-13H,5,14-15H2,1-4H3,(H,24,27). The molecule has 0 aliphatic rings. The van der Waals surface area contributed by atoms with Crippen molar-refractivity contribution in [2.75, 3.05) is 13.7 Å². The molecule has 0 saturated carbocycles. The van der Waals surface area contributed by atoms with E-state index in [2.05, 4.69) is 16.5 Å². The smallest absolute Gasteiger partial charge is 0.251 e. The van der Waals surface area contributed by atoms with Gasteiger partial charge in [0, 0.05) is 17.8 Å². The second-order valence-electron chi connectivity index (χ2n) is 6.88. The quantitative estimate of drug-likeness (QED) is 0.631. The third-order valence-corrected chi connectivity index (χ3v) is 4.63. The molecule has 3 aromatic rings. The highest BCUT2D eigenvalue weighted by Crippen LogP contribution is 2.28. The monoisotopic (exact) mass is 393 g/mol.